The number of rotatable bonds is 2. The summed E-state index contributed by atoms with van der Waals surface area (Å²) in [6, 6.07) is 3.54. The Morgan fingerprint density at radius 2 is 2.00 bits per heavy atom. The summed E-state index contributed by atoms with van der Waals surface area (Å²) < 4.78 is 26.9. The van der Waals surface area contributed by atoms with Crippen LogP contribution in [0.25, 0.3) is 0 Å². The zero-order valence-electron chi connectivity index (χ0n) is 13.4. The third kappa shape index (κ3) is 4.14. The highest BCUT2D eigenvalue weighted by Gasteiger charge is 2.41. The van der Waals surface area contributed by atoms with Crippen LogP contribution >= 0.6 is 24.0 Å². The van der Waals surface area contributed by atoms with Gasteiger partial charge in [0.15, 0.2) is 5.96 Å². The molecule has 1 heterocycles. The Kier molecular flexibility index (Phi) is 6.22. The number of nitrogens with one attached hydrogen (secondary N) is 1. The first kappa shape index (κ1) is 18.4. The van der Waals surface area contributed by atoms with Gasteiger partial charge >= 0.3 is 0 Å². The molecule has 1 spiro atoms. The minimum atomic E-state index is -0.417. The van der Waals surface area contributed by atoms with Crippen molar-refractivity contribution in [2.45, 2.75) is 38.6 Å². The average molecular weight is 435 g/mol. The quantitative estimate of drug-likeness (QED) is 0.433. The lowest BCUT2D eigenvalue weighted by atomic mass is 9.86. The van der Waals surface area contributed by atoms with E-state index in [4.69, 9.17) is 0 Å². The summed E-state index contributed by atoms with van der Waals surface area (Å²) in [4.78, 5) is 6.56. The van der Waals surface area contributed by atoms with Crippen molar-refractivity contribution in [3.05, 3.63) is 35.4 Å². The second-order valence-electron chi connectivity index (χ2n) is 6.52. The molecule has 128 valence electrons. The van der Waals surface area contributed by atoms with E-state index in [0.717, 1.165) is 25.1 Å². The number of guanidine groups is 1. The van der Waals surface area contributed by atoms with Gasteiger partial charge in [-0.05, 0) is 42.9 Å². The summed E-state index contributed by atoms with van der Waals surface area (Å²) >= 11 is 0. The largest absolute Gasteiger partial charge is 0.352 e. The van der Waals surface area contributed by atoms with E-state index in [1.165, 1.54) is 44.2 Å². The Morgan fingerprint density at radius 3 is 2.70 bits per heavy atom. The van der Waals surface area contributed by atoms with Crippen LogP contribution in [0.1, 0.15) is 37.7 Å². The molecule has 1 aliphatic carbocycles. The maximum Gasteiger partial charge on any atom is 0.193 e. The molecule has 6 heteroatoms. The minimum absolute atomic E-state index is 0. The van der Waals surface area contributed by atoms with E-state index >= 15 is 0 Å². The monoisotopic (exact) mass is 435 g/mol. The fourth-order valence-corrected chi connectivity index (χ4v) is 3.83. The number of halogens is 3. The van der Waals surface area contributed by atoms with Crippen molar-refractivity contribution in [3.8, 4) is 0 Å². The lowest BCUT2D eigenvalue weighted by Crippen LogP contribution is -2.40. The first-order valence-electron chi connectivity index (χ1n) is 8.01. The van der Waals surface area contributed by atoms with E-state index in [1.807, 2.05) is 0 Å². The van der Waals surface area contributed by atoms with E-state index in [2.05, 4.69) is 15.2 Å². The van der Waals surface area contributed by atoms with E-state index < -0.39 is 11.6 Å². The molecule has 1 aromatic carbocycles. The molecule has 0 bridgehead atoms. The van der Waals surface area contributed by atoms with Gasteiger partial charge in [-0.25, -0.2) is 8.78 Å². The number of aliphatic imine (C=N–C) groups is 1. The van der Waals surface area contributed by atoms with Gasteiger partial charge in [0.05, 0.1) is 0 Å². The van der Waals surface area contributed by atoms with Gasteiger partial charge in [0.1, 0.15) is 11.6 Å². The Labute approximate surface area is 153 Å². The molecule has 0 radical (unpaired) electrons. The van der Waals surface area contributed by atoms with Crippen molar-refractivity contribution in [1.82, 2.24) is 10.2 Å². The van der Waals surface area contributed by atoms with Crippen molar-refractivity contribution in [1.29, 1.82) is 0 Å². The minimum Gasteiger partial charge on any atom is -0.352 e. The van der Waals surface area contributed by atoms with Gasteiger partial charge in [0, 0.05) is 32.2 Å². The number of benzene rings is 1. The van der Waals surface area contributed by atoms with Crippen LogP contribution in [0.5, 0.6) is 0 Å². The molecular formula is C17H24F2IN3. The van der Waals surface area contributed by atoms with Crippen LogP contribution in [-0.4, -0.2) is 31.0 Å². The van der Waals surface area contributed by atoms with Crippen molar-refractivity contribution < 1.29 is 8.78 Å². The lowest BCUT2D eigenvalue weighted by Gasteiger charge is -2.26. The van der Waals surface area contributed by atoms with Crippen LogP contribution < -0.4 is 5.32 Å². The van der Waals surface area contributed by atoms with Crippen LogP contribution in [0.4, 0.5) is 8.78 Å². The summed E-state index contributed by atoms with van der Waals surface area (Å²) in [6.07, 6.45) is 6.48. The topological polar surface area (TPSA) is 27.6 Å². The first-order chi connectivity index (χ1) is 10.6. The van der Waals surface area contributed by atoms with Crippen molar-refractivity contribution in [2.24, 2.45) is 10.4 Å². The zero-order valence-corrected chi connectivity index (χ0v) is 15.8. The van der Waals surface area contributed by atoms with Crippen LogP contribution in [0.3, 0.4) is 0 Å². The molecule has 23 heavy (non-hydrogen) atoms. The van der Waals surface area contributed by atoms with Crippen LogP contribution in [0.15, 0.2) is 23.2 Å². The predicted octanol–water partition coefficient (Wildman–Crippen LogP) is 3.92. The Bertz CT molecular complexity index is 571. The summed E-state index contributed by atoms with van der Waals surface area (Å²) in [7, 11) is 1.74. The number of likely N-dealkylation sites (tertiary alicyclic amines) is 1. The first-order valence-corrected chi connectivity index (χ1v) is 8.01. The van der Waals surface area contributed by atoms with Gasteiger partial charge in [0.2, 0.25) is 0 Å². The normalized spacial score (nSPS) is 20.0. The number of hydrogen-bond donors (Lipinski definition) is 1. The molecule has 0 aromatic heterocycles. The van der Waals surface area contributed by atoms with Crippen molar-refractivity contribution in [3.63, 3.8) is 0 Å². The molecule has 2 fully saturated rings. The van der Waals surface area contributed by atoms with E-state index in [-0.39, 0.29) is 30.5 Å². The Balaban J connectivity index is 0.00000192. The van der Waals surface area contributed by atoms with Gasteiger partial charge in [-0.3, -0.25) is 4.99 Å². The second kappa shape index (κ2) is 7.77. The molecule has 0 atom stereocenters. The maximum absolute atomic E-state index is 13.7. The Morgan fingerprint density at radius 1 is 1.26 bits per heavy atom. The molecule has 1 saturated carbocycles. The number of nitrogens with zero attached hydrogens (tertiary/aromatic N) is 2. The van der Waals surface area contributed by atoms with Crippen LogP contribution in [0, 0.1) is 17.0 Å². The summed E-state index contributed by atoms with van der Waals surface area (Å²) in [5, 5.41) is 3.17. The highest BCUT2D eigenvalue weighted by atomic mass is 127. The number of hydrogen-bond acceptors (Lipinski definition) is 1. The zero-order chi connectivity index (χ0) is 15.6. The fraction of sp³-hybridized carbons (Fsp3) is 0.588. The third-order valence-electron chi connectivity index (χ3n) is 5.06. The van der Waals surface area contributed by atoms with Crippen LogP contribution in [0.2, 0.25) is 0 Å². The molecule has 3 nitrogen and oxygen atoms in total. The van der Waals surface area contributed by atoms with Gasteiger partial charge < -0.3 is 10.2 Å². The molecule has 0 unspecified atom stereocenters. The molecule has 2 aliphatic rings. The molecule has 3 rings (SSSR count). The van der Waals surface area contributed by atoms with Gasteiger partial charge in [0.25, 0.3) is 0 Å². The van der Waals surface area contributed by atoms with E-state index in [0.29, 0.717) is 11.0 Å². The van der Waals surface area contributed by atoms with Gasteiger partial charge in [-0.1, -0.05) is 12.8 Å². The molecule has 1 aromatic rings. The van der Waals surface area contributed by atoms with E-state index in [9.17, 15) is 8.78 Å². The Hall–Kier alpha value is -0.920. The van der Waals surface area contributed by atoms with Gasteiger partial charge in [-0.15, -0.1) is 24.0 Å². The highest BCUT2D eigenvalue weighted by Crippen LogP contribution is 2.45. The lowest BCUT2D eigenvalue weighted by molar-refractivity contribution is 0.309. The molecule has 1 saturated heterocycles. The van der Waals surface area contributed by atoms with Gasteiger partial charge in [-0.2, -0.15) is 0 Å². The summed E-state index contributed by atoms with van der Waals surface area (Å²) in [5.74, 6) is -0.0234. The third-order valence-corrected chi connectivity index (χ3v) is 5.06. The average Bonchev–Trinajstić information content (AvgIpc) is 3.14. The molecule has 1 N–H and O–H groups in total. The summed E-state index contributed by atoms with van der Waals surface area (Å²) in [6.45, 7) is 2.27. The smallest absolute Gasteiger partial charge is 0.193 e. The standard InChI is InChI=1S/C17H23F2N3.HI/c1-20-16(21-11-13-10-14(18)4-5-15(13)19)22-9-8-17(12-22)6-2-3-7-17;/h4-5,10H,2-3,6-9,11-12H2,1H3,(H,20,21);1H. The molecule has 0 amide bonds. The van der Waals surface area contributed by atoms with Crippen molar-refractivity contribution >= 4 is 29.9 Å². The summed E-state index contributed by atoms with van der Waals surface area (Å²) in [5.41, 5.74) is 0.790. The highest BCUT2D eigenvalue weighted by molar-refractivity contribution is 14.0. The van der Waals surface area contributed by atoms with Crippen molar-refractivity contribution in [2.75, 3.05) is 20.1 Å². The second-order valence-corrected chi connectivity index (χ2v) is 6.52. The maximum atomic E-state index is 13.7. The SMILES string of the molecule is CN=C(NCc1cc(F)ccc1F)N1CCC2(CCCC2)C1.I. The fourth-order valence-electron chi connectivity index (χ4n) is 3.83. The molecule has 1 aliphatic heterocycles. The molecular weight excluding hydrogens is 411 g/mol. The van der Waals surface area contributed by atoms with E-state index in [1.54, 1.807) is 7.05 Å². The van der Waals surface area contributed by atoms with Crippen LogP contribution in [-0.2, 0) is 6.54 Å². The predicted molar refractivity (Wildman–Crippen MR) is 99.1 cm³/mol.